The van der Waals surface area contributed by atoms with Crippen LogP contribution in [0.15, 0.2) is 23.0 Å². The topological polar surface area (TPSA) is 109 Å². The van der Waals surface area contributed by atoms with Gasteiger partial charge < -0.3 is 20.2 Å². The fourth-order valence-electron chi connectivity index (χ4n) is 2.80. The summed E-state index contributed by atoms with van der Waals surface area (Å²) >= 11 is 0. The largest absolute Gasteiger partial charge is 0.481 e. The van der Waals surface area contributed by atoms with Crippen molar-refractivity contribution >= 4 is 17.8 Å². The van der Waals surface area contributed by atoms with Gasteiger partial charge in [0.2, 0.25) is 5.91 Å². The van der Waals surface area contributed by atoms with Gasteiger partial charge in [-0.25, -0.2) is 0 Å². The van der Waals surface area contributed by atoms with Crippen molar-refractivity contribution in [1.29, 1.82) is 0 Å². The lowest BCUT2D eigenvalue weighted by Gasteiger charge is -2.30. The van der Waals surface area contributed by atoms with Gasteiger partial charge in [-0.2, -0.15) is 0 Å². The van der Waals surface area contributed by atoms with Gasteiger partial charge in [0.05, 0.1) is 23.8 Å². The fourth-order valence-corrected chi connectivity index (χ4v) is 2.80. The molecule has 1 aliphatic rings. The summed E-state index contributed by atoms with van der Waals surface area (Å²) in [7, 11) is 0. The second-order valence-corrected chi connectivity index (χ2v) is 5.75. The molecule has 1 fully saturated rings. The first kappa shape index (κ1) is 16.1. The summed E-state index contributed by atoms with van der Waals surface area (Å²) in [5.41, 5.74) is -0.363. The Balaban J connectivity index is 1.95. The van der Waals surface area contributed by atoms with Gasteiger partial charge in [0.25, 0.3) is 5.91 Å². The van der Waals surface area contributed by atoms with E-state index in [4.69, 9.17) is 9.52 Å². The van der Waals surface area contributed by atoms with Crippen LogP contribution in [-0.2, 0) is 9.59 Å². The predicted octanol–water partition coefficient (Wildman–Crippen LogP) is 1.30. The SMILES string of the molecule is CC(NC(=O)c1ccoc1)C(=O)NC1(CC(=O)O)CCCC1. The van der Waals surface area contributed by atoms with E-state index in [1.807, 2.05) is 0 Å². The monoisotopic (exact) mass is 308 g/mol. The molecule has 1 aromatic rings. The zero-order valence-electron chi connectivity index (χ0n) is 12.4. The number of hydrogen-bond acceptors (Lipinski definition) is 4. The first-order chi connectivity index (χ1) is 10.4. The van der Waals surface area contributed by atoms with Crippen LogP contribution in [0.5, 0.6) is 0 Å². The molecule has 1 saturated carbocycles. The molecular formula is C15H20N2O5. The normalized spacial score (nSPS) is 17.7. The van der Waals surface area contributed by atoms with Gasteiger partial charge in [-0.15, -0.1) is 0 Å². The molecule has 7 nitrogen and oxygen atoms in total. The molecule has 0 saturated heterocycles. The lowest BCUT2D eigenvalue weighted by Crippen LogP contribution is -2.54. The van der Waals surface area contributed by atoms with Gasteiger partial charge in [0, 0.05) is 0 Å². The Morgan fingerprint density at radius 2 is 2.05 bits per heavy atom. The Bertz CT molecular complexity index is 546. The smallest absolute Gasteiger partial charge is 0.305 e. The zero-order chi connectivity index (χ0) is 16.2. The number of hydrogen-bond donors (Lipinski definition) is 3. The standard InChI is InChI=1S/C15H20N2O5/c1-10(16-14(21)11-4-7-22-9-11)13(20)17-15(8-12(18)19)5-2-3-6-15/h4,7,9-10H,2-3,5-6,8H2,1H3,(H,16,21)(H,17,20)(H,18,19). The maximum absolute atomic E-state index is 12.2. The summed E-state index contributed by atoms with van der Waals surface area (Å²) in [6.07, 6.45) is 5.65. The first-order valence-electron chi connectivity index (χ1n) is 7.29. The van der Waals surface area contributed by atoms with Gasteiger partial charge in [0.1, 0.15) is 12.3 Å². The van der Waals surface area contributed by atoms with Crippen molar-refractivity contribution in [3.05, 3.63) is 24.2 Å². The lowest BCUT2D eigenvalue weighted by atomic mass is 9.93. The van der Waals surface area contributed by atoms with E-state index in [1.54, 1.807) is 6.92 Å². The quantitative estimate of drug-likeness (QED) is 0.734. The molecule has 2 amide bonds. The molecule has 1 atom stereocenters. The molecule has 0 bridgehead atoms. The third-order valence-electron chi connectivity index (χ3n) is 3.96. The number of furan rings is 1. The Labute approximate surface area is 128 Å². The van der Waals surface area contributed by atoms with Crippen LogP contribution in [0.25, 0.3) is 0 Å². The number of carbonyl (C=O) groups is 3. The third kappa shape index (κ3) is 3.87. The minimum absolute atomic E-state index is 0.0961. The van der Waals surface area contributed by atoms with Crippen molar-refractivity contribution in [1.82, 2.24) is 10.6 Å². The highest BCUT2D eigenvalue weighted by Crippen LogP contribution is 2.32. The molecule has 1 aliphatic carbocycles. The van der Waals surface area contributed by atoms with Gasteiger partial charge in [-0.1, -0.05) is 12.8 Å². The zero-order valence-corrected chi connectivity index (χ0v) is 12.4. The van der Waals surface area contributed by atoms with E-state index >= 15 is 0 Å². The maximum atomic E-state index is 12.2. The number of amides is 2. The Kier molecular flexibility index (Phi) is 4.85. The molecule has 0 spiro atoms. The van der Waals surface area contributed by atoms with Crippen molar-refractivity contribution in [3.63, 3.8) is 0 Å². The molecule has 0 aliphatic heterocycles. The highest BCUT2D eigenvalue weighted by molar-refractivity contribution is 5.97. The molecule has 0 aromatic carbocycles. The Hall–Kier alpha value is -2.31. The average Bonchev–Trinajstić information content (AvgIpc) is 3.09. The second kappa shape index (κ2) is 6.64. The van der Waals surface area contributed by atoms with Crippen molar-refractivity contribution in [2.24, 2.45) is 0 Å². The summed E-state index contributed by atoms with van der Waals surface area (Å²) in [6, 6.07) is 0.747. The molecule has 120 valence electrons. The minimum Gasteiger partial charge on any atom is -0.481 e. The van der Waals surface area contributed by atoms with E-state index in [0.717, 1.165) is 12.8 Å². The highest BCUT2D eigenvalue weighted by atomic mass is 16.4. The van der Waals surface area contributed by atoms with Crippen molar-refractivity contribution in [3.8, 4) is 0 Å². The van der Waals surface area contributed by atoms with Gasteiger partial charge in [-0.05, 0) is 25.8 Å². The van der Waals surface area contributed by atoms with E-state index in [2.05, 4.69) is 10.6 Å². The summed E-state index contributed by atoms with van der Waals surface area (Å²) in [4.78, 5) is 35.1. The van der Waals surface area contributed by atoms with Crippen molar-refractivity contribution in [2.75, 3.05) is 0 Å². The summed E-state index contributed by atoms with van der Waals surface area (Å²) in [6.45, 7) is 1.57. The van der Waals surface area contributed by atoms with Gasteiger partial charge >= 0.3 is 5.97 Å². The average molecular weight is 308 g/mol. The van der Waals surface area contributed by atoms with Gasteiger partial charge in [0.15, 0.2) is 0 Å². The third-order valence-corrected chi connectivity index (χ3v) is 3.96. The predicted molar refractivity (Wildman–Crippen MR) is 77.2 cm³/mol. The molecule has 2 rings (SSSR count). The van der Waals surface area contributed by atoms with Crippen LogP contribution in [0.4, 0.5) is 0 Å². The van der Waals surface area contributed by atoms with Crippen LogP contribution in [0.2, 0.25) is 0 Å². The molecule has 3 N–H and O–H groups in total. The van der Waals surface area contributed by atoms with E-state index in [0.29, 0.717) is 18.4 Å². The maximum Gasteiger partial charge on any atom is 0.305 e. The van der Waals surface area contributed by atoms with Crippen LogP contribution in [0.3, 0.4) is 0 Å². The van der Waals surface area contributed by atoms with E-state index < -0.39 is 23.5 Å². The summed E-state index contributed by atoms with van der Waals surface area (Å²) < 4.78 is 4.82. The van der Waals surface area contributed by atoms with E-state index in [-0.39, 0.29) is 12.3 Å². The lowest BCUT2D eigenvalue weighted by molar-refractivity contribution is -0.139. The Morgan fingerprint density at radius 3 is 2.59 bits per heavy atom. The molecule has 1 aromatic heterocycles. The molecule has 0 radical (unpaired) electrons. The molecule has 7 heteroatoms. The van der Waals surface area contributed by atoms with Crippen LogP contribution >= 0.6 is 0 Å². The van der Waals surface area contributed by atoms with E-state index in [1.165, 1.54) is 18.6 Å². The van der Waals surface area contributed by atoms with Crippen LogP contribution in [0.1, 0.15) is 49.4 Å². The van der Waals surface area contributed by atoms with Crippen LogP contribution in [0, 0.1) is 0 Å². The molecule has 1 heterocycles. The summed E-state index contributed by atoms with van der Waals surface area (Å²) in [5, 5.41) is 14.4. The van der Waals surface area contributed by atoms with Crippen molar-refractivity contribution in [2.45, 2.75) is 50.6 Å². The molecule has 1 unspecified atom stereocenters. The fraction of sp³-hybridized carbons (Fsp3) is 0.533. The van der Waals surface area contributed by atoms with Crippen molar-refractivity contribution < 1.29 is 23.9 Å². The number of aliphatic carboxylic acids is 1. The Morgan fingerprint density at radius 1 is 1.36 bits per heavy atom. The highest BCUT2D eigenvalue weighted by Gasteiger charge is 2.38. The number of rotatable bonds is 6. The molecule has 22 heavy (non-hydrogen) atoms. The van der Waals surface area contributed by atoms with Crippen LogP contribution < -0.4 is 10.6 Å². The number of carboxylic acids is 1. The summed E-state index contributed by atoms with van der Waals surface area (Å²) in [5.74, 6) is -1.72. The van der Waals surface area contributed by atoms with E-state index in [9.17, 15) is 14.4 Å². The number of carbonyl (C=O) groups excluding carboxylic acids is 2. The second-order valence-electron chi connectivity index (χ2n) is 5.75. The van der Waals surface area contributed by atoms with Crippen LogP contribution in [-0.4, -0.2) is 34.5 Å². The minimum atomic E-state index is -0.933. The number of nitrogens with one attached hydrogen (secondary N) is 2. The molecular weight excluding hydrogens is 288 g/mol. The first-order valence-corrected chi connectivity index (χ1v) is 7.29. The van der Waals surface area contributed by atoms with Gasteiger partial charge in [-0.3, -0.25) is 14.4 Å². The number of carboxylic acid groups (broad SMARTS) is 1.